The van der Waals surface area contributed by atoms with Crippen LogP contribution >= 0.6 is 0 Å². The van der Waals surface area contributed by atoms with E-state index in [0.717, 1.165) is 35.0 Å². The molecule has 0 radical (unpaired) electrons. The zero-order chi connectivity index (χ0) is 19.6. The SMILES string of the molecule is Cc1ccccc1-c1cnc(C(=O)Nc2ccc(C(F)(F)F)nc2)c(C)c1. The third-order valence-electron chi connectivity index (χ3n) is 4.06. The van der Waals surface area contributed by atoms with Crippen molar-refractivity contribution in [1.29, 1.82) is 0 Å². The van der Waals surface area contributed by atoms with E-state index in [9.17, 15) is 18.0 Å². The van der Waals surface area contributed by atoms with Gasteiger partial charge in [0.15, 0.2) is 0 Å². The van der Waals surface area contributed by atoms with Crippen LogP contribution in [0.25, 0.3) is 11.1 Å². The van der Waals surface area contributed by atoms with Gasteiger partial charge in [0, 0.05) is 11.8 Å². The molecule has 0 spiro atoms. The standard InChI is InChI=1S/C20H16F3N3O/c1-12-5-3-4-6-16(12)14-9-13(2)18(25-10-14)19(27)26-15-7-8-17(24-11-15)20(21,22)23/h3-11H,1-2H3,(H,26,27). The number of aryl methyl sites for hydroxylation is 2. The number of carbonyl (C=O) groups excluding carboxylic acids is 1. The first-order valence-electron chi connectivity index (χ1n) is 8.13. The van der Waals surface area contributed by atoms with E-state index in [-0.39, 0.29) is 11.4 Å². The molecule has 1 aromatic carbocycles. The first-order valence-corrected chi connectivity index (χ1v) is 8.13. The summed E-state index contributed by atoms with van der Waals surface area (Å²) in [5.74, 6) is -0.509. The quantitative estimate of drug-likeness (QED) is 0.702. The molecule has 0 aliphatic heterocycles. The number of amides is 1. The molecular weight excluding hydrogens is 355 g/mol. The second kappa shape index (κ2) is 7.19. The van der Waals surface area contributed by atoms with Crippen molar-refractivity contribution in [2.24, 2.45) is 0 Å². The summed E-state index contributed by atoms with van der Waals surface area (Å²) in [5.41, 5.74) is 3.01. The number of pyridine rings is 2. The Morgan fingerprint density at radius 2 is 1.70 bits per heavy atom. The Labute approximate surface area is 154 Å². The van der Waals surface area contributed by atoms with Gasteiger partial charge in [-0.05, 0) is 48.7 Å². The van der Waals surface area contributed by atoms with Crippen molar-refractivity contribution in [1.82, 2.24) is 9.97 Å². The molecule has 0 saturated heterocycles. The van der Waals surface area contributed by atoms with Gasteiger partial charge in [0.1, 0.15) is 11.4 Å². The molecule has 4 nitrogen and oxygen atoms in total. The van der Waals surface area contributed by atoms with Gasteiger partial charge in [-0.1, -0.05) is 24.3 Å². The predicted molar refractivity (Wildman–Crippen MR) is 96.3 cm³/mol. The fourth-order valence-corrected chi connectivity index (χ4v) is 2.68. The minimum atomic E-state index is -4.52. The first-order chi connectivity index (χ1) is 12.8. The second-order valence-corrected chi connectivity index (χ2v) is 6.09. The molecular formula is C20H16F3N3O. The normalized spacial score (nSPS) is 11.3. The highest BCUT2D eigenvalue weighted by Gasteiger charge is 2.32. The summed E-state index contributed by atoms with van der Waals surface area (Å²) >= 11 is 0. The van der Waals surface area contributed by atoms with Crippen molar-refractivity contribution in [2.75, 3.05) is 5.32 Å². The van der Waals surface area contributed by atoms with Crippen LogP contribution in [0.4, 0.5) is 18.9 Å². The summed E-state index contributed by atoms with van der Waals surface area (Å²) in [6, 6.07) is 11.7. The van der Waals surface area contributed by atoms with Crippen LogP contribution in [0.1, 0.15) is 27.3 Å². The number of rotatable bonds is 3. The van der Waals surface area contributed by atoms with Crippen molar-refractivity contribution in [3.05, 3.63) is 77.4 Å². The molecule has 0 saturated carbocycles. The maximum Gasteiger partial charge on any atom is 0.433 e. The van der Waals surface area contributed by atoms with Gasteiger partial charge >= 0.3 is 6.18 Å². The van der Waals surface area contributed by atoms with E-state index in [4.69, 9.17) is 0 Å². The van der Waals surface area contributed by atoms with E-state index >= 15 is 0 Å². The number of aromatic nitrogens is 2. The number of carbonyl (C=O) groups is 1. The number of hydrogen-bond acceptors (Lipinski definition) is 3. The highest BCUT2D eigenvalue weighted by molar-refractivity contribution is 6.04. The molecule has 2 aromatic heterocycles. The molecule has 1 N–H and O–H groups in total. The molecule has 0 bridgehead atoms. The number of benzene rings is 1. The zero-order valence-corrected chi connectivity index (χ0v) is 14.6. The lowest BCUT2D eigenvalue weighted by Gasteiger charge is -2.11. The van der Waals surface area contributed by atoms with Crippen molar-refractivity contribution < 1.29 is 18.0 Å². The maximum absolute atomic E-state index is 12.5. The Morgan fingerprint density at radius 1 is 0.963 bits per heavy atom. The Balaban J connectivity index is 1.80. The summed E-state index contributed by atoms with van der Waals surface area (Å²) in [5, 5.41) is 2.52. The molecule has 27 heavy (non-hydrogen) atoms. The lowest BCUT2D eigenvalue weighted by Crippen LogP contribution is -2.16. The van der Waals surface area contributed by atoms with Crippen LogP contribution in [-0.4, -0.2) is 15.9 Å². The molecule has 0 atom stereocenters. The average molecular weight is 371 g/mol. The summed E-state index contributed by atoms with van der Waals surface area (Å²) in [4.78, 5) is 20.0. The van der Waals surface area contributed by atoms with E-state index in [1.807, 2.05) is 37.3 Å². The number of anilines is 1. The topological polar surface area (TPSA) is 54.9 Å². The fraction of sp³-hybridized carbons (Fsp3) is 0.150. The highest BCUT2D eigenvalue weighted by atomic mass is 19.4. The van der Waals surface area contributed by atoms with E-state index in [2.05, 4.69) is 15.3 Å². The number of nitrogens with zero attached hydrogens (tertiary/aromatic N) is 2. The number of hydrogen-bond donors (Lipinski definition) is 1. The largest absolute Gasteiger partial charge is 0.433 e. The average Bonchev–Trinajstić information content (AvgIpc) is 2.61. The van der Waals surface area contributed by atoms with Gasteiger partial charge in [-0.3, -0.25) is 9.78 Å². The lowest BCUT2D eigenvalue weighted by molar-refractivity contribution is -0.141. The van der Waals surface area contributed by atoms with Crippen molar-refractivity contribution >= 4 is 11.6 Å². The number of halogens is 3. The van der Waals surface area contributed by atoms with E-state index in [1.165, 1.54) is 0 Å². The molecule has 0 aliphatic carbocycles. The molecule has 0 aliphatic rings. The van der Waals surface area contributed by atoms with Crippen LogP contribution < -0.4 is 5.32 Å². The van der Waals surface area contributed by atoms with Crippen LogP contribution in [0.5, 0.6) is 0 Å². The smallest absolute Gasteiger partial charge is 0.319 e. The van der Waals surface area contributed by atoms with Crippen molar-refractivity contribution in [3.63, 3.8) is 0 Å². The van der Waals surface area contributed by atoms with E-state index in [0.29, 0.717) is 5.56 Å². The van der Waals surface area contributed by atoms with Gasteiger partial charge in [-0.15, -0.1) is 0 Å². The maximum atomic E-state index is 12.5. The van der Waals surface area contributed by atoms with Gasteiger partial charge in [0.2, 0.25) is 0 Å². The predicted octanol–water partition coefficient (Wildman–Crippen LogP) is 5.03. The molecule has 0 fully saturated rings. The summed E-state index contributed by atoms with van der Waals surface area (Å²) in [7, 11) is 0. The molecule has 3 aromatic rings. The molecule has 1 amide bonds. The minimum absolute atomic E-state index is 0.164. The zero-order valence-electron chi connectivity index (χ0n) is 14.6. The summed E-state index contributed by atoms with van der Waals surface area (Å²) in [6.07, 6.45) is -1.95. The Morgan fingerprint density at radius 3 is 2.30 bits per heavy atom. The monoisotopic (exact) mass is 371 g/mol. The third-order valence-corrected chi connectivity index (χ3v) is 4.06. The van der Waals surface area contributed by atoms with Crippen LogP contribution in [0, 0.1) is 13.8 Å². The van der Waals surface area contributed by atoms with Gasteiger partial charge in [-0.2, -0.15) is 13.2 Å². The van der Waals surface area contributed by atoms with Crippen LogP contribution in [0.15, 0.2) is 54.9 Å². The minimum Gasteiger partial charge on any atom is -0.319 e. The summed E-state index contributed by atoms with van der Waals surface area (Å²) < 4.78 is 37.6. The van der Waals surface area contributed by atoms with Crippen LogP contribution in [-0.2, 0) is 6.18 Å². The summed E-state index contributed by atoms with van der Waals surface area (Å²) in [6.45, 7) is 3.75. The highest BCUT2D eigenvalue weighted by Crippen LogP contribution is 2.28. The fourth-order valence-electron chi connectivity index (χ4n) is 2.68. The van der Waals surface area contributed by atoms with Gasteiger partial charge in [0.05, 0.1) is 11.9 Å². The van der Waals surface area contributed by atoms with Crippen molar-refractivity contribution in [2.45, 2.75) is 20.0 Å². The van der Waals surface area contributed by atoms with Crippen molar-refractivity contribution in [3.8, 4) is 11.1 Å². The van der Waals surface area contributed by atoms with Gasteiger partial charge in [-0.25, -0.2) is 4.98 Å². The first kappa shape index (κ1) is 18.6. The van der Waals surface area contributed by atoms with E-state index < -0.39 is 17.8 Å². The molecule has 7 heteroatoms. The Hall–Kier alpha value is -3.22. The Bertz CT molecular complexity index is 983. The molecule has 138 valence electrons. The molecule has 0 unspecified atom stereocenters. The molecule has 2 heterocycles. The van der Waals surface area contributed by atoms with Gasteiger partial charge in [0.25, 0.3) is 5.91 Å². The number of alkyl halides is 3. The van der Waals surface area contributed by atoms with E-state index in [1.54, 1.807) is 13.1 Å². The van der Waals surface area contributed by atoms with Crippen LogP contribution in [0.3, 0.4) is 0 Å². The second-order valence-electron chi connectivity index (χ2n) is 6.09. The lowest BCUT2D eigenvalue weighted by atomic mass is 10.0. The Kier molecular flexibility index (Phi) is 4.94. The van der Waals surface area contributed by atoms with Gasteiger partial charge < -0.3 is 5.32 Å². The van der Waals surface area contributed by atoms with Crippen LogP contribution in [0.2, 0.25) is 0 Å². The third kappa shape index (κ3) is 4.13. The number of nitrogens with one attached hydrogen (secondary N) is 1. The molecule has 3 rings (SSSR count).